The van der Waals surface area contributed by atoms with Gasteiger partial charge in [-0.2, -0.15) is 32.1 Å². The molecule has 0 saturated heterocycles. The molecule has 0 aliphatic rings. The molecule has 8 nitrogen and oxygen atoms in total. The third-order valence-corrected chi connectivity index (χ3v) is 4.63. The molecule has 0 aliphatic carbocycles. The van der Waals surface area contributed by atoms with E-state index in [4.69, 9.17) is 4.74 Å². The Bertz CT molecular complexity index is 1350. The van der Waals surface area contributed by atoms with Crippen molar-refractivity contribution in [1.29, 1.82) is 0 Å². The van der Waals surface area contributed by atoms with Gasteiger partial charge in [-0.25, -0.2) is 18.6 Å². The molecule has 0 spiro atoms. The number of alkyl halides is 5. The van der Waals surface area contributed by atoms with Crippen LogP contribution in [0.2, 0.25) is 0 Å². The van der Waals surface area contributed by atoms with Crippen LogP contribution in [-0.4, -0.2) is 43.6 Å². The Balaban J connectivity index is 1.79. The lowest BCUT2D eigenvalue weighted by Gasteiger charge is -2.21. The first kappa shape index (κ1) is 23.2. The SMILES string of the molecule is COCn1cc(NC(=O)c2cc3nc(-c4ccc(F)cc4)cc(C(F)(F)C(F)(F)F)n3n2)cn1. The third-order valence-electron chi connectivity index (χ3n) is 4.63. The maximum absolute atomic E-state index is 14.4. The molecule has 3 heterocycles. The van der Waals surface area contributed by atoms with E-state index in [-0.39, 0.29) is 28.2 Å². The number of carbonyl (C=O) groups excluding carboxylic acids is 1. The summed E-state index contributed by atoms with van der Waals surface area (Å²) in [5, 5.41) is 9.95. The summed E-state index contributed by atoms with van der Waals surface area (Å²) in [6.07, 6.45) is -3.27. The smallest absolute Gasteiger partial charge is 0.362 e. The molecule has 1 N–H and O–H groups in total. The Morgan fingerprint density at radius 3 is 2.47 bits per heavy atom. The highest BCUT2D eigenvalue weighted by Gasteiger charge is 2.60. The lowest BCUT2D eigenvalue weighted by atomic mass is 10.1. The number of hydrogen-bond donors (Lipinski definition) is 1. The molecule has 0 aliphatic heterocycles. The molecule has 4 aromatic rings. The van der Waals surface area contributed by atoms with Crippen LogP contribution >= 0.6 is 0 Å². The number of ether oxygens (including phenoxy) is 1. The molecule has 0 unspecified atom stereocenters. The maximum atomic E-state index is 14.4. The first-order valence-corrected chi connectivity index (χ1v) is 9.44. The summed E-state index contributed by atoms with van der Waals surface area (Å²) in [5.41, 5.74) is -2.47. The number of nitrogens with zero attached hydrogens (tertiary/aromatic N) is 5. The average Bonchev–Trinajstić information content (AvgIpc) is 3.39. The van der Waals surface area contributed by atoms with Gasteiger partial charge >= 0.3 is 12.1 Å². The van der Waals surface area contributed by atoms with Gasteiger partial charge in [0.25, 0.3) is 5.91 Å². The Kier molecular flexibility index (Phi) is 5.77. The van der Waals surface area contributed by atoms with Gasteiger partial charge in [0.2, 0.25) is 0 Å². The fourth-order valence-corrected chi connectivity index (χ4v) is 3.05. The van der Waals surface area contributed by atoms with E-state index in [2.05, 4.69) is 20.5 Å². The molecule has 4 rings (SSSR count). The van der Waals surface area contributed by atoms with E-state index in [0.29, 0.717) is 6.07 Å². The summed E-state index contributed by atoms with van der Waals surface area (Å²) >= 11 is 0. The summed E-state index contributed by atoms with van der Waals surface area (Å²) < 4.78 is 88.1. The van der Waals surface area contributed by atoms with Crippen molar-refractivity contribution in [2.45, 2.75) is 18.8 Å². The quantitative estimate of drug-likeness (QED) is 0.414. The topological polar surface area (TPSA) is 86.3 Å². The van der Waals surface area contributed by atoms with Crippen LogP contribution in [0.15, 0.2) is 48.8 Å². The standard InChI is InChI=1S/C20H14F6N6O2/c1-34-10-31-9-13(8-27-31)28-18(33)15-7-17-29-14(11-2-4-12(21)5-3-11)6-16(32(17)30-15)19(22,23)20(24,25)26/h2-9H,10H2,1H3,(H,28,33). The minimum Gasteiger partial charge on any atom is -0.362 e. The molecule has 0 atom stereocenters. The Labute approximate surface area is 186 Å². The van der Waals surface area contributed by atoms with Crippen LogP contribution in [0, 0.1) is 5.82 Å². The van der Waals surface area contributed by atoms with Crippen molar-refractivity contribution in [1.82, 2.24) is 24.4 Å². The number of nitrogens with one attached hydrogen (secondary N) is 1. The zero-order chi connectivity index (χ0) is 24.7. The lowest BCUT2D eigenvalue weighted by Crippen LogP contribution is -2.36. The summed E-state index contributed by atoms with van der Waals surface area (Å²) in [5.74, 6) is -6.86. The number of carbonyl (C=O) groups is 1. The van der Waals surface area contributed by atoms with Crippen molar-refractivity contribution in [3.8, 4) is 11.3 Å². The van der Waals surface area contributed by atoms with Gasteiger partial charge in [0.15, 0.2) is 11.3 Å². The average molecular weight is 484 g/mol. The van der Waals surface area contributed by atoms with Crippen molar-refractivity contribution in [2.24, 2.45) is 0 Å². The fourth-order valence-electron chi connectivity index (χ4n) is 3.05. The number of rotatable bonds is 6. The minimum absolute atomic E-state index is 0.0842. The highest BCUT2D eigenvalue weighted by Crippen LogP contribution is 2.44. The number of halogens is 6. The van der Waals surface area contributed by atoms with E-state index in [9.17, 15) is 31.1 Å². The lowest BCUT2D eigenvalue weighted by molar-refractivity contribution is -0.291. The summed E-state index contributed by atoms with van der Waals surface area (Å²) in [4.78, 5) is 16.6. The number of anilines is 1. The summed E-state index contributed by atoms with van der Waals surface area (Å²) in [6, 6.07) is 5.80. The molecule has 0 saturated carbocycles. The number of amides is 1. The van der Waals surface area contributed by atoms with Crippen molar-refractivity contribution in [3.05, 3.63) is 66.0 Å². The first-order valence-electron chi connectivity index (χ1n) is 9.44. The number of methoxy groups -OCH3 is 1. The number of aromatic nitrogens is 5. The van der Waals surface area contributed by atoms with Crippen LogP contribution < -0.4 is 5.32 Å². The molecule has 0 radical (unpaired) electrons. The highest BCUT2D eigenvalue weighted by atomic mass is 19.4. The molecule has 1 amide bonds. The third kappa shape index (κ3) is 4.31. The largest absolute Gasteiger partial charge is 0.459 e. The van der Waals surface area contributed by atoms with Crippen LogP contribution in [0.3, 0.4) is 0 Å². The van der Waals surface area contributed by atoms with Crippen molar-refractivity contribution >= 4 is 17.2 Å². The van der Waals surface area contributed by atoms with Gasteiger partial charge in [-0.15, -0.1) is 0 Å². The second-order valence-corrected chi connectivity index (χ2v) is 7.05. The van der Waals surface area contributed by atoms with E-state index in [1.54, 1.807) is 0 Å². The van der Waals surface area contributed by atoms with Crippen LogP contribution in [-0.2, 0) is 17.4 Å². The molecule has 0 fully saturated rings. The Hall–Kier alpha value is -3.94. The van der Waals surface area contributed by atoms with Gasteiger partial charge in [0.05, 0.1) is 23.8 Å². The van der Waals surface area contributed by atoms with Gasteiger partial charge in [0.1, 0.15) is 18.2 Å². The van der Waals surface area contributed by atoms with Crippen molar-refractivity contribution in [3.63, 3.8) is 0 Å². The van der Waals surface area contributed by atoms with E-state index in [0.717, 1.165) is 18.2 Å². The Morgan fingerprint density at radius 2 is 1.82 bits per heavy atom. The molecule has 178 valence electrons. The molecular formula is C20H14F6N6O2. The fraction of sp³-hybridized carbons (Fsp3) is 0.200. The van der Waals surface area contributed by atoms with Gasteiger partial charge in [0, 0.05) is 18.7 Å². The van der Waals surface area contributed by atoms with Crippen molar-refractivity contribution < 1.29 is 35.9 Å². The van der Waals surface area contributed by atoms with E-state index < -0.39 is 40.9 Å². The van der Waals surface area contributed by atoms with Crippen LogP contribution in [0.5, 0.6) is 0 Å². The zero-order valence-electron chi connectivity index (χ0n) is 17.1. The molecule has 34 heavy (non-hydrogen) atoms. The van der Waals surface area contributed by atoms with Crippen LogP contribution in [0.25, 0.3) is 16.9 Å². The predicted molar refractivity (Wildman–Crippen MR) is 106 cm³/mol. The molecular weight excluding hydrogens is 470 g/mol. The number of fused-ring (bicyclic) bond motifs is 1. The van der Waals surface area contributed by atoms with E-state index in [1.807, 2.05) is 0 Å². The minimum atomic E-state index is -5.95. The van der Waals surface area contributed by atoms with E-state index >= 15 is 0 Å². The predicted octanol–water partition coefficient (Wildman–Crippen LogP) is 4.24. The van der Waals surface area contributed by atoms with Crippen LogP contribution in [0.4, 0.5) is 32.0 Å². The summed E-state index contributed by atoms with van der Waals surface area (Å²) in [6.45, 7) is 0.0935. The second kappa shape index (κ2) is 8.44. The molecule has 14 heteroatoms. The maximum Gasteiger partial charge on any atom is 0.459 e. The normalized spacial score (nSPS) is 12.3. The molecule has 3 aromatic heterocycles. The zero-order valence-corrected chi connectivity index (χ0v) is 17.1. The monoisotopic (exact) mass is 484 g/mol. The Morgan fingerprint density at radius 1 is 1.12 bits per heavy atom. The van der Waals surface area contributed by atoms with Gasteiger partial charge in [-0.05, 0) is 30.3 Å². The number of benzene rings is 1. The number of hydrogen-bond acceptors (Lipinski definition) is 5. The first-order chi connectivity index (χ1) is 16.0. The molecule has 0 bridgehead atoms. The van der Waals surface area contributed by atoms with E-state index in [1.165, 1.54) is 36.3 Å². The molecule has 1 aromatic carbocycles. The van der Waals surface area contributed by atoms with Crippen molar-refractivity contribution in [2.75, 3.05) is 12.4 Å². The van der Waals surface area contributed by atoms with Gasteiger partial charge < -0.3 is 10.1 Å². The van der Waals surface area contributed by atoms with Gasteiger partial charge in [-0.3, -0.25) is 4.79 Å². The van der Waals surface area contributed by atoms with Crippen LogP contribution in [0.1, 0.15) is 16.2 Å². The highest BCUT2D eigenvalue weighted by molar-refractivity contribution is 6.03. The second-order valence-electron chi connectivity index (χ2n) is 7.05. The summed E-state index contributed by atoms with van der Waals surface area (Å²) in [7, 11) is 1.43. The van der Waals surface area contributed by atoms with Gasteiger partial charge in [-0.1, -0.05) is 0 Å².